The summed E-state index contributed by atoms with van der Waals surface area (Å²) in [5.41, 5.74) is 0. The second-order valence-corrected chi connectivity index (χ2v) is 12.6. The van der Waals surface area contributed by atoms with Crippen molar-refractivity contribution in [2.45, 2.75) is 138 Å². The van der Waals surface area contributed by atoms with E-state index in [1.807, 2.05) is 6.92 Å². The van der Waals surface area contributed by atoms with Crippen molar-refractivity contribution in [2.24, 2.45) is 0 Å². The Labute approximate surface area is 253 Å². The normalized spacial score (nSPS) is 21.6. The molecule has 1 aliphatic heterocycles. The Morgan fingerprint density at radius 2 is 1.60 bits per heavy atom. The van der Waals surface area contributed by atoms with Gasteiger partial charge in [0.05, 0.1) is 6.54 Å². The first-order chi connectivity index (χ1) is 19.1. The van der Waals surface area contributed by atoms with Crippen molar-refractivity contribution in [3.8, 4) is 0 Å². The van der Waals surface area contributed by atoms with Crippen LogP contribution in [0.25, 0.3) is 0 Å². The number of carbonyl (C=O) groups excluding carboxylic acids is 3. The number of hydrogen-bond acceptors (Lipinski definition) is 8. The van der Waals surface area contributed by atoms with Crippen LogP contribution in [-0.4, -0.2) is 87.2 Å². The van der Waals surface area contributed by atoms with Gasteiger partial charge in [-0.15, -0.1) is 0 Å². The third-order valence-electron chi connectivity index (χ3n) is 7.04. The van der Waals surface area contributed by atoms with Crippen LogP contribution in [0.1, 0.15) is 97.3 Å². The molecule has 1 unspecified atom stereocenters. The van der Waals surface area contributed by atoms with Crippen LogP contribution >= 0.6 is 22.6 Å². The maximum Gasteiger partial charge on any atom is 0.306 e. The van der Waals surface area contributed by atoms with Crippen molar-refractivity contribution in [3.63, 3.8) is 0 Å². The van der Waals surface area contributed by atoms with Gasteiger partial charge in [0.25, 0.3) is 5.91 Å². The summed E-state index contributed by atoms with van der Waals surface area (Å²) >= 11 is 2.11. The number of allylic oxidation sites excluding steroid dienone is 1. The number of nitrogens with one attached hydrogen (secondary N) is 2. The number of rotatable bonds is 20. The number of esters is 1. The fourth-order valence-corrected chi connectivity index (χ4v) is 4.82. The average Bonchev–Trinajstić information content (AvgIpc) is 3.09. The lowest BCUT2D eigenvalue weighted by atomic mass is 10.0. The minimum absolute atomic E-state index is 0.0923. The molecule has 1 heterocycles. The molecule has 7 atom stereocenters. The van der Waals surface area contributed by atoms with Gasteiger partial charge < -0.3 is 35.4 Å². The Morgan fingerprint density at radius 1 is 1.00 bits per heavy atom. The molecule has 40 heavy (non-hydrogen) atoms. The van der Waals surface area contributed by atoms with Gasteiger partial charge in [0.1, 0.15) is 30.5 Å². The average molecular weight is 683 g/mol. The maximum atomic E-state index is 12.8. The molecule has 2 amide bonds. The zero-order valence-corrected chi connectivity index (χ0v) is 26.5. The van der Waals surface area contributed by atoms with Crippen LogP contribution in [0.3, 0.4) is 0 Å². The zero-order valence-electron chi connectivity index (χ0n) is 24.4. The van der Waals surface area contributed by atoms with E-state index in [0.717, 1.165) is 19.3 Å². The summed E-state index contributed by atoms with van der Waals surface area (Å²) in [6.07, 6.45) is 8.91. The number of halogens is 1. The molecule has 1 aliphatic rings. The summed E-state index contributed by atoms with van der Waals surface area (Å²) in [5.74, 6) is -1.53. The molecule has 1 saturated heterocycles. The number of carbonyl (C=O) groups is 3. The SMILES string of the molecule is CCCCCCCCCCCCC(=O)O[C@H]1CC[C@H](NC(=O)[C@H](OC)[C@H](O)[C@@H](O)[C@H](O)/C=C/C(C)I)C(=O)NC1. The molecule has 1 fully saturated rings. The molecule has 0 aromatic rings. The first kappa shape index (κ1) is 36.7. The summed E-state index contributed by atoms with van der Waals surface area (Å²) in [7, 11) is 1.19. The molecular weight excluding hydrogens is 631 g/mol. The number of aliphatic hydroxyl groups excluding tert-OH is 3. The predicted molar refractivity (Wildman–Crippen MR) is 162 cm³/mol. The Hall–Kier alpha value is -1.28. The van der Waals surface area contributed by atoms with Crippen LogP contribution < -0.4 is 10.6 Å². The van der Waals surface area contributed by atoms with E-state index in [9.17, 15) is 29.7 Å². The molecule has 10 nitrogen and oxygen atoms in total. The highest BCUT2D eigenvalue weighted by Crippen LogP contribution is 2.16. The van der Waals surface area contributed by atoms with Crippen molar-refractivity contribution in [1.82, 2.24) is 10.6 Å². The smallest absolute Gasteiger partial charge is 0.306 e. The first-order valence-electron chi connectivity index (χ1n) is 14.8. The second kappa shape index (κ2) is 21.4. The molecule has 0 radical (unpaired) electrons. The van der Waals surface area contributed by atoms with Gasteiger partial charge in [-0.3, -0.25) is 14.4 Å². The molecule has 0 bridgehead atoms. The van der Waals surface area contributed by atoms with Gasteiger partial charge in [0, 0.05) is 17.5 Å². The number of methoxy groups -OCH3 is 1. The molecule has 0 spiro atoms. The number of aliphatic hydroxyl groups is 3. The van der Waals surface area contributed by atoms with Gasteiger partial charge in [0.2, 0.25) is 5.91 Å². The lowest BCUT2D eigenvalue weighted by Crippen LogP contribution is -2.55. The van der Waals surface area contributed by atoms with E-state index >= 15 is 0 Å². The third kappa shape index (κ3) is 15.1. The minimum Gasteiger partial charge on any atom is -0.460 e. The first-order valence-corrected chi connectivity index (χ1v) is 16.0. The largest absolute Gasteiger partial charge is 0.460 e. The molecule has 0 aromatic carbocycles. The van der Waals surface area contributed by atoms with Crippen molar-refractivity contribution in [1.29, 1.82) is 0 Å². The fraction of sp³-hybridized carbons (Fsp3) is 0.828. The Kier molecular flexibility index (Phi) is 19.7. The van der Waals surface area contributed by atoms with Crippen LogP contribution in [-0.2, 0) is 23.9 Å². The van der Waals surface area contributed by atoms with E-state index in [2.05, 4.69) is 40.1 Å². The van der Waals surface area contributed by atoms with E-state index in [4.69, 9.17) is 9.47 Å². The highest BCUT2D eigenvalue weighted by atomic mass is 127. The minimum atomic E-state index is -1.73. The van der Waals surface area contributed by atoms with Crippen molar-refractivity contribution in [2.75, 3.05) is 13.7 Å². The van der Waals surface area contributed by atoms with E-state index in [-0.39, 0.29) is 22.9 Å². The fourth-order valence-electron chi connectivity index (χ4n) is 4.58. The molecule has 0 saturated carbocycles. The van der Waals surface area contributed by atoms with Gasteiger partial charge in [-0.2, -0.15) is 0 Å². The van der Waals surface area contributed by atoms with Crippen molar-refractivity contribution in [3.05, 3.63) is 12.2 Å². The predicted octanol–water partition coefficient (Wildman–Crippen LogP) is 3.08. The summed E-state index contributed by atoms with van der Waals surface area (Å²) in [5, 5.41) is 36.1. The highest BCUT2D eigenvalue weighted by molar-refractivity contribution is 14.1. The lowest BCUT2D eigenvalue weighted by molar-refractivity contribution is -0.151. The molecule has 0 aliphatic carbocycles. The van der Waals surface area contributed by atoms with Crippen LogP contribution in [0.4, 0.5) is 0 Å². The summed E-state index contributed by atoms with van der Waals surface area (Å²) in [4.78, 5) is 37.7. The van der Waals surface area contributed by atoms with Crippen molar-refractivity contribution < 1.29 is 39.2 Å². The second-order valence-electron chi connectivity index (χ2n) is 10.6. The Balaban J connectivity index is 2.42. The van der Waals surface area contributed by atoms with Crippen LogP contribution in [0.2, 0.25) is 0 Å². The summed E-state index contributed by atoms with van der Waals surface area (Å²) < 4.78 is 10.7. The molecular formula is C29H51IN2O8. The van der Waals surface area contributed by atoms with Crippen LogP contribution in [0.5, 0.6) is 0 Å². The Morgan fingerprint density at radius 3 is 2.17 bits per heavy atom. The number of amides is 2. The van der Waals surface area contributed by atoms with Gasteiger partial charge >= 0.3 is 5.97 Å². The van der Waals surface area contributed by atoms with E-state index in [1.165, 1.54) is 58.1 Å². The van der Waals surface area contributed by atoms with Gasteiger partial charge in [-0.1, -0.05) is 99.5 Å². The van der Waals surface area contributed by atoms with Gasteiger partial charge in [-0.05, 0) is 26.2 Å². The highest BCUT2D eigenvalue weighted by Gasteiger charge is 2.37. The van der Waals surface area contributed by atoms with E-state index in [0.29, 0.717) is 12.8 Å². The summed E-state index contributed by atoms with van der Waals surface area (Å²) in [6, 6.07) is -0.926. The van der Waals surface area contributed by atoms with Crippen LogP contribution in [0, 0.1) is 0 Å². The maximum absolute atomic E-state index is 12.8. The third-order valence-corrected chi connectivity index (χ3v) is 7.46. The van der Waals surface area contributed by atoms with Gasteiger partial charge in [0.15, 0.2) is 6.10 Å². The molecule has 5 N–H and O–H groups in total. The number of ether oxygens (including phenoxy) is 2. The number of unbranched alkanes of at least 4 members (excludes halogenated alkanes) is 9. The van der Waals surface area contributed by atoms with Crippen molar-refractivity contribution >= 4 is 40.4 Å². The number of hydrogen-bond donors (Lipinski definition) is 5. The zero-order chi connectivity index (χ0) is 29.9. The molecule has 232 valence electrons. The van der Waals surface area contributed by atoms with E-state index < -0.39 is 48.4 Å². The molecule has 0 aromatic heterocycles. The Bertz CT molecular complexity index is 766. The van der Waals surface area contributed by atoms with Gasteiger partial charge in [-0.25, -0.2) is 0 Å². The topological polar surface area (TPSA) is 154 Å². The quantitative estimate of drug-likeness (QED) is 0.0432. The lowest BCUT2D eigenvalue weighted by Gasteiger charge is -2.28. The number of alkyl halides is 1. The standard InChI is InChI=1S/C29H51IN2O8/c1-4-5-6-7-8-9-10-11-12-13-14-24(34)40-21-16-17-22(28(37)31-19-21)32-29(38)27(39-3)26(36)25(35)23(33)18-15-20(2)30/h15,18,20-23,25-27,33,35-36H,4-14,16-17,19H2,1-3H3,(H,31,37)(H,32,38)/b18-15+/t20?,21-,22-,23+,25-,26+,27+/m0/s1. The molecule has 11 heteroatoms. The molecule has 1 rings (SSSR count). The summed E-state index contributed by atoms with van der Waals surface area (Å²) in [6.45, 7) is 4.24. The van der Waals surface area contributed by atoms with E-state index in [1.54, 1.807) is 6.08 Å². The van der Waals surface area contributed by atoms with Crippen LogP contribution in [0.15, 0.2) is 12.2 Å². The monoisotopic (exact) mass is 682 g/mol.